The second kappa shape index (κ2) is 14.7. The summed E-state index contributed by atoms with van der Waals surface area (Å²) in [6, 6.07) is 7.66. The topological polar surface area (TPSA) is 197 Å². The minimum atomic E-state index is -1.73. The maximum Gasteiger partial charge on any atom is 0.204 e. The molecule has 1 saturated heterocycles. The monoisotopic (exact) mass is 570 g/mol. The standard InChI is InChI=1S/C27H38O13/c1-35-17-11-15(6-7-16(17)31)25(40-27-24(34)23(33)22(32)20(12-29)39-27)21(13-30)38-26-18(36-2)9-14(5-4-8-28)10-19(26)37-3/h6-7,9-11,20-25,27-34H,4-5,8,12-13H2,1-3H3. The van der Waals surface area contributed by atoms with E-state index in [9.17, 15) is 35.7 Å². The van der Waals surface area contributed by atoms with Crippen molar-refractivity contribution in [2.24, 2.45) is 0 Å². The molecule has 2 aromatic rings. The average molecular weight is 571 g/mol. The summed E-state index contributed by atoms with van der Waals surface area (Å²) in [5.41, 5.74) is 1.14. The first-order valence-corrected chi connectivity index (χ1v) is 12.7. The van der Waals surface area contributed by atoms with Gasteiger partial charge in [0.05, 0.1) is 34.5 Å². The van der Waals surface area contributed by atoms with Crippen LogP contribution in [0.15, 0.2) is 30.3 Å². The van der Waals surface area contributed by atoms with Crippen molar-refractivity contribution in [3.8, 4) is 28.7 Å². The average Bonchev–Trinajstić information content (AvgIpc) is 2.97. The lowest BCUT2D eigenvalue weighted by Gasteiger charge is -2.41. The van der Waals surface area contributed by atoms with Crippen molar-refractivity contribution in [3.63, 3.8) is 0 Å². The molecule has 7 atom stereocenters. The van der Waals surface area contributed by atoms with Crippen molar-refractivity contribution in [3.05, 3.63) is 41.5 Å². The molecular weight excluding hydrogens is 532 g/mol. The van der Waals surface area contributed by atoms with E-state index in [1.54, 1.807) is 12.1 Å². The number of phenolic OH excluding ortho intramolecular Hbond substituents is 1. The maximum absolute atomic E-state index is 10.6. The van der Waals surface area contributed by atoms with Gasteiger partial charge < -0.3 is 64.2 Å². The number of hydrogen-bond donors (Lipinski definition) is 7. The number of aliphatic hydroxyl groups is 6. The number of phenols is 1. The lowest BCUT2D eigenvalue weighted by atomic mass is 9.98. The Morgan fingerprint density at radius 3 is 2.05 bits per heavy atom. The molecule has 224 valence electrons. The summed E-state index contributed by atoms with van der Waals surface area (Å²) >= 11 is 0. The van der Waals surface area contributed by atoms with Crippen LogP contribution in [0.4, 0.5) is 0 Å². The van der Waals surface area contributed by atoms with Gasteiger partial charge in [-0.3, -0.25) is 0 Å². The molecule has 1 fully saturated rings. The minimum absolute atomic E-state index is 0.00251. The van der Waals surface area contributed by atoms with Gasteiger partial charge in [-0.1, -0.05) is 6.07 Å². The third-order valence-corrected chi connectivity index (χ3v) is 6.59. The summed E-state index contributed by atoms with van der Waals surface area (Å²) in [7, 11) is 4.21. The number of benzene rings is 2. The van der Waals surface area contributed by atoms with Crippen molar-refractivity contribution in [2.45, 2.75) is 55.8 Å². The normalized spacial score (nSPS) is 24.3. The van der Waals surface area contributed by atoms with E-state index in [4.69, 9.17) is 28.4 Å². The van der Waals surface area contributed by atoms with Crippen LogP contribution in [0.5, 0.6) is 28.7 Å². The molecular formula is C27H38O13. The number of aliphatic hydroxyl groups excluding tert-OH is 6. The quantitative estimate of drug-likeness (QED) is 0.156. The predicted molar refractivity (Wildman–Crippen MR) is 139 cm³/mol. The molecule has 1 aliphatic heterocycles. The third-order valence-electron chi connectivity index (χ3n) is 6.59. The molecule has 13 heteroatoms. The van der Waals surface area contributed by atoms with E-state index >= 15 is 0 Å². The van der Waals surface area contributed by atoms with E-state index in [1.807, 2.05) is 0 Å². The molecule has 7 unspecified atom stereocenters. The van der Waals surface area contributed by atoms with Crippen LogP contribution in [0.3, 0.4) is 0 Å². The van der Waals surface area contributed by atoms with Crippen LogP contribution in [0.25, 0.3) is 0 Å². The number of methoxy groups -OCH3 is 3. The Kier molecular flexibility index (Phi) is 11.6. The van der Waals surface area contributed by atoms with E-state index in [1.165, 1.54) is 39.5 Å². The van der Waals surface area contributed by atoms with Crippen molar-refractivity contribution in [1.82, 2.24) is 0 Å². The van der Waals surface area contributed by atoms with Crippen LogP contribution >= 0.6 is 0 Å². The largest absolute Gasteiger partial charge is 0.504 e. The summed E-state index contributed by atoms with van der Waals surface area (Å²) in [6.45, 7) is -1.30. The number of hydrogen-bond acceptors (Lipinski definition) is 13. The second-order valence-corrected chi connectivity index (χ2v) is 9.18. The van der Waals surface area contributed by atoms with E-state index in [0.29, 0.717) is 18.4 Å². The molecule has 13 nitrogen and oxygen atoms in total. The highest BCUT2D eigenvalue weighted by molar-refractivity contribution is 5.54. The highest BCUT2D eigenvalue weighted by Crippen LogP contribution is 2.42. The van der Waals surface area contributed by atoms with Gasteiger partial charge in [-0.25, -0.2) is 0 Å². The summed E-state index contributed by atoms with van der Waals surface area (Å²) in [4.78, 5) is 0. The zero-order chi connectivity index (χ0) is 29.4. The lowest BCUT2D eigenvalue weighted by Crippen LogP contribution is -2.59. The molecule has 1 aliphatic rings. The fourth-order valence-electron chi connectivity index (χ4n) is 4.40. The highest BCUT2D eigenvalue weighted by Gasteiger charge is 2.46. The summed E-state index contributed by atoms with van der Waals surface area (Å²) in [5, 5.41) is 70.4. The van der Waals surface area contributed by atoms with Crippen LogP contribution in [0.2, 0.25) is 0 Å². The highest BCUT2D eigenvalue weighted by atomic mass is 16.7. The van der Waals surface area contributed by atoms with Gasteiger partial charge in [0.15, 0.2) is 35.4 Å². The van der Waals surface area contributed by atoms with Gasteiger partial charge in [-0.2, -0.15) is 0 Å². The lowest BCUT2D eigenvalue weighted by molar-refractivity contribution is -0.318. The zero-order valence-electron chi connectivity index (χ0n) is 22.5. The van der Waals surface area contributed by atoms with Crippen molar-refractivity contribution in [1.29, 1.82) is 0 Å². The van der Waals surface area contributed by atoms with Crippen LogP contribution < -0.4 is 18.9 Å². The molecule has 0 saturated carbocycles. The maximum atomic E-state index is 10.6. The van der Waals surface area contributed by atoms with Gasteiger partial charge in [0, 0.05) is 6.61 Å². The van der Waals surface area contributed by atoms with E-state index in [0.717, 1.165) is 5.56 Å². The SMILES string of the molecule is COc1cc(C(OC2OC(CO)C(O)C(O)C2O)C(CO)Oc2c(OC)cc(CCCO)cc2OC)ccc1O. The fourth-order valence-corrected chi connectivity index (χ4v) is 4.40. The Labute approximate surface area is 231 Å². The van der Waals surface area contributed by atoms with E-state index in [-0.39, 0.29) is 35.4 Å². The Morgan fingerprint density at radius 2 is 1.50 bits per heavy atom. The number of ether oxygens (including phenoxy) is 6. The van der Waals surface area contributed by atoms with E-state index < -0.39 is 56.1 Å². The summed E-state index contributed by atoms with van der Waals surface area (Å²) in [5.74, 6) is 0.604. The summed E-state index contributed by atoms with van der Waals surface area (Å²) in [6.07, 6.45) is -9.22. The Morgan fingerprint density at radius 1 is 0.850 bits per heavy atom. The number of aromatic hydroxyl groups is 1. The second-order valence-electron chi connectivity index (χ2n) is 9.18. The molecule has 40 heavy (non-hydrogen) atoms. The molecule has 0 spiro atoms. The molecule has 3 rings (SSSR count). The molecule has 0 bridgehead atoms. The first-order valence-electron chi connectivity index (χ1n) is 12.7. The first kappa shape index (κ1) is 31.6. The van der Waals surface area contributed by atoms with Gasteiger partial charge in [0.25, 0.3) is 0 Å². The van der Waals surface area contributed by atoms with Gasteiger partial charge in [0.2, 0.25) is 5.75 Å². The Hall–Kier alpha value is -2.88. The predicted octanol–water partition coefficient (Wildman–Crippen LogP) is -0.360. The number of rotatable bonds is 14. The summed E-state index contributed by atoms with van der Waals surface area (Å²) < 4.78 is 34.0. The molecule has 2 aromatic carbocycles. The smallest absolute Gasteiger partial charge is 0.204 e. The van der Waals surface area contributed by atoms with Crippen LogP contribution in [0, 0.1) is 0 Å². The van der Waals surface area contributed by atoms with E-state index in [2.05, 4.69) is 0 Å². The molecule has 0 radical (unpaired) electrons. The van der Waals surface area contributed by atoms with Crippen molar-refractivity contribution < 1.29 is 64.2 Å². The fraction of sp³-hybridized carbons (Fsp3) is 0.556. The number of aryl methyl sites for hydroxylation is 1. The molecule has 0 aromatic heterocycles. The van der Waals surface area contributed by atoms with Gasteiger partial charge in [-0.15, -0.1) is 0 Å². The van der Waals surface area contributed by atoms with Gasteiger partial charge in [-0.05, 0) is 48.2 Å². The molecule has 7 N–H and O–H groups in total. The van der Waals surface area contributed by atoms with Crippen molar-refractivity contribution in [2.75, 3.05) is 41.2 Å². The zero-order valence-corrected chi connectivity index (χ0v) is 22.5. The first-order chi connectivity index (χ1) is 19.2. The van der Waals surface area contributed by atoms with Gasteiger partial charge >= 0.3 is 0 Å². The third kappa shape index (κ3) is 7.06. The van der Waals surface area contributed by atoms with Crippen molar-refractivity contribution >= 4 is 0 Å². The molecule has 1 heterocycles. The minimum Gasteiger partial charge on any atom is -0.504 e. The Balaban J connectivity index is 2.04. The molecule has 0 amide bonds. The van der Waals surface area contributed by atoms with Crippen LogP contribution in [0.1, 0.15) is 23.7 Å². The van der Waals surface area contributed by atoms with Crippen LogP contribution in [-0.2, 0) is 15.9 Å². The van der Waals surface area contributed by atoms with Crippen LogP contribution in [-0.4, -0.2) is 114 Å². The molecule has 0 aliphatic carbocycles. The Bertz CT molecular complexity index is 1050. The van der Waals surface area contributed by atoms with Gasteiger partial charge in [0.1, 0.15) is 30.5 Å².